The van der Waals surface area contributed by atoms with Crippen LogP contribution in [0.1, 0.15) is 18.9 Å². The second-order valence-corrected chi connectivity index (χ2v) is 5.05. The van der Waals surface area contributed by atoms with Crippen LogP contribution in [0.3, 0.4) is 0 Å². The van der Waals surface area contributed by atoms with E-state index in [1.807, 2.05) is 59.5 Å². The maximum atomic E-state index is 12.0. The monoisotopic (exact) mass is 279 g/mol. The summed E-state index contributed by atoms with van der Waals surface area (Å²) in [5.41, 5.74) is 2.20. The standard InChI is InChI=1S/C19H21NO/c1-3-18(15-14-17-10-6-4-7-11-17)20(16(2)21)19-12-8-5-9-13-19/h3-13,18H,1,14-15H2,2H3. The second-order valence-electron chi connectivity index (χ2n) is 5.05. The zero-order valence-corrected chi connectivity index (χ0v) is 12.4. The third-order valence-electron chi connectivity index (χ3n) is 3.55. The Labute approximate surface area is 126 Å². The van der Waals surface area contributed by atoms with Crippen LogP contribution in [-0.2, 0) is 11.2 Å². The van der Waals surface area contributed by atoms with Crippen LogP contribution in [0.2, 0.25) is 0 Å². The number of nitrogens with zero attached hydrogens (tertiary/aromatic N) is 1. The average molecular weight is 279 g/mol. The number of anilines is 1. The Morgan fingerprint density at radius 2 is 1.67 bits per heavy atom. The number of rotatable bonds is 6. The van der Waals surface area contributed by atoms with Gasteiger partial charge in [0.1, 0.15) is 0 Å². The highest BCUT2D eigenvalue weighted by molar-refractivity contribution is 5.92. The Hall–Kier alpha value is -2.35. The Kier molecular flexibility index (Phi) is 5.33. The molecule has 0 aliphatic rings. The van der Waals surface area contributed by atoms with Crippen LogP contribution in [0.25, 0.3) is 0 Å². The van der Waals surface area contributed by atoms with Crippen LogP contribution < -0.4 is 4.90 Å². The molecule has 1 unspecified atom stereocenters. The molecule has 0 fully saturated rings. The van der Waals surface area contributed by atoms with Crippen LogP contribution in [0.4, 0.5) is 5.69 Å². The number of carbonyl (C=O) groups excluding carboxylic acids is 1. The molecule has 108 valence electrons. The molecule has 0 bridgehead atoms. The number of carbonyl (C=O) groups is 1. The topological polar surface area (TPSA) is 20.3 Å². The molecule has 1 amide bonds. The van der Waals surface area contributed by atoms with Gasteiger partial charge in [0, 0.05) is 12.6 Å². The van der Waals surface area contributed by atoms with E-state index in [0.29, 0.717) is 0 Å². The van der Waals surface area contributed by atoms with E-state index in [1.165, 1.54) is 5.56 Å². The van der Waals surface area contributed by atoms with E-state index >= 15 is 0 Å². The number of para-hydroxylation sites is 1. The lowest BCUT2D eigenvalue weighted by Gasteiger charge is -2.29. The van der Waals surface area contributed by atoms with Gasteiger partial charge in [0.2, 0.25) is 5.91 Å². The lowest BCUT2D eigenvalue weighted by molar-refractivity contribution is -0.116. The first-order chi connectivity index (χ1) is 10.2. The van der Waals surface area contributed by atoms with Gasteiger partial charge in [-0.2, -0.15) is 0 Å². The summed E-state index contributed by atoms with van der Waals surface area (Å²) in [5.74, 6) is 0.0409. The predicted octanol–water partition coefficient (Wildman–Crippen LogP) is 4.23. The molecule has 2 aromatic carbocycles. The molecule has 2 aromatic rings. The van der Waals surface area contributed by atoms with Crippen molar-refractivity contribution in [1.82, 2.24) is 0 Å². The quantitative estimate of drug-likeness (QED) is 0.725. The maximum absolute atomic E-state index is 12.0. The molecule has 1 atom stereocenters. The molecule has 2 rings (SSSR count). The van der Waals surface area contributed by atoms with Gasteiger partial charge in [-0.3, -0.25) is 4.79 Å². The van der Waals surface area contributed by atoms with Crippen LogP contribution in [0.5, 0.6) is 0 Å². The van der Waals surface area contributed by atoms with Gasteiger partial charge >= 0.3 is 0 Å². The minimum Gasteiger partial charge on any atom is -0.306 e. The molecule has 0 aliphatic carbocycles. The van der Waals surface area contributed by atoms with E-state index in [9.17, 15) is 4.79 Å². The summed E-state index contributed by atoms with van der Waals surface area (Å²) in [4.78, 5) is 13.8. The SMILES string of the molecule is C=CC(CCc1ccccc1)N(C(C)=O)c1ccccc1. The largest absolute Gasteiger partial charge is 0.306 e. The van der Waals surface area contributed by atoms with Crippen LogP contribution in [0.15, 0.2) is 73.3 Å². The highest BCUT2D eigenvalue weighted by Crippen LogP contribution is 2.20. The first kappa shape index (κ1) is 15.0. The van der Waals surface area contributed by atoms with Gasteiger partial charge in [-0.1, -0.05) is 54.6 Å². The normalized spacial score (nSPS) is 11.7. The van der Waals surface area contributed by atoms with Crippen molar-refractivity contribution in [2.75, 3.05) is 4.90 Å². The number of hydrogen-bond donors (Lipinski definition) is 0. The molecule has 0 N–H and O–H groups in total. The van der Waals surface area contributed by atoms with Gasteiger partial charge in [0.05, 0.1) is 6.04 Å². The van der Waals surface area contributed by atoms with Gasteiger partial charge in [-0.25, -0.2) is 0 Å². The van der Waals surface area contributed by atoms with Crippen LogP contribution in [0, 0.1) is 0 Å². The fourth-order valence-corrected chi connectivity index (χ4v) is 2.51. The van der Waals surface area contributed by atoms with Gasteiger partial charge < -0.3 is 4.90 Å². The zero-order valence-electron chi connectivity index (χ0n) is 12.4. The minimum absolute atomic E-state index is 0.00473. The predicted molar refractivity (Wildman–Crippen MR) is 88.4 cm³/mol. The Morgan fingerprint density at radius 3 is 2.19 bits per heavy atom. The first-order valence-electron chi connectivity index (χ1n) is 7.23. The Morgan fingerprint density at radius 1 is 1.10 bits per heavy atom. The molecule has 0 spiro atoms. The minimum atomic E-state index is 0.00473. The van der Waals surface area contributed by atoms with Crippen molar-refractivity contribution in [2.24, 2.45) is 0 Å². The molecule has 2 heteroatoms. The van der Waals surface area contributed by atoms with E-state index in [2.05, 4.69) is 18.7 Å². The fourth-order valence-electron chi connectivity index (χ4n) is 2.51. The van der Waals surface area contributed by atoms with E-state index in [-0.39, 0.29) is 11.9 Å². The van der Waals surface area contributed by atoms with Crippen molar-refractivity contribution in [1.29, 1.82) is 0 Å². The van der Waals surface area contributed by atoms with Gasteiger partial charge in [-0.05, 0) is 30.5 Å². The lowest BCUT2D eigenvalue weighted by atomic mass is 10.0. The van der Waals surface area contributed by atoms with Gasteiger partial charge in [0.25, 0.3) is 0 Å². The molecule has 21 heavy (non-hydrogen) atoms. The van der Waals surface area contributed by atoms with E-state index in [4.69, 9.17) is 0 Å². The molecule has 0 saturated heterocycles. The van der Waals surface area contributed by atoms with Crippen molar-refractivity contribution in [3.63, 3.8) is 0 Å². The van der Waals surface area contributed by atoms with Crippen molar-refractivity contribution in [2.45, 2.75) is 25.8 Å². The fraction of sp³-hybridized carbons (Fsp3) is 0.211. The van der Waals surface area contributed by atoms with E-state index in [1.54, 1.807) is 6.92 Å². The van der Waals surface area contributed by atoms with Gasteiger partial charge in [0.15, 0.2) is 0 Å². The summed E-state index contributed by atoms with van der Waals surface area (Å²) >= 11 is 0. The molecular weight excluding hydrogens is 258 g/mol. The van der Waals surface area contributed by atoms with E-state index < -0.39 is 0 Å². The summed E-state index contributed by atoms with van der Waals surface area (Å²) < 4.78 is 0. The molecule has 0 radical (unpaired) electrons. The van der Waals surface area contributed by atoms with Crippen molar-refractivity contribution >= 4 is 11.6 Å². The molecular formula is C19H21NO. The number of aryl methyl sites for hydroxylation is 1. The number of benzene rings is 2. The Balaban J connectivity index is 2.13. The summed E-state index contributed by atoms with van der Waals surface area (Å²) in [5, 5.41) is 0. The van der Waals surface area contributed by atoms with Gasteiger partial charge in [-0.15, -0.1) is 6.58 Å². The second kappa shape index (κ2) is 7.44. The highest BCUT2D eigenvalue weighted by Gasteiger charge is 2.19. The number of hydrogen-bond acceptors (Lipinski definition) is 1. The van der Waals surface area contributed by atoms with Crippen LogP contribution in [-0.4, -0.2) is 11.9 Å². The summed E-state index contributed by atoms with van der Waals surface area (Å²) in [7, 11) is 0. The molecule has 2 nitrogen and oxygen atoms in total. The molecule has 0 heterocycles. The van der Waals surface area contributed by atoms with Crippen molar-refractivity contribution < 1.29 is 4.79 Å². The molecule has 0 saturated carbocycles. The smallest absolute Gasteiger partial charge is 0.224 e. The van der Waals surface area contributed by atoms with Crippen molar-refractivity contribution in [3.8, 4) is 0 Å². The Bertz CT molecular complexity index is 577. The summed E-state index contributed by atoms with van der Waals surface area (Å²) in [6.45, 7) is 5.51. The third kappa shape index (κ3) is 4.06. The zero-order chi connectivity index (χ0) is 15.1. The van der Waals surface area contributed by atoms with Crippen molar-refractivity contribution in [3.05, 3.63) is 78.9 Å². The lowest BCUT2D eigenvalue weighted by Crippen LogP contribution is -2.38. The van der Waals surface area contributed by atoms with Crippen LogP contribution >= 0.6 is 0 Å². The maximum Gasteiger partial charge on any atom is 0.224 e. The average Bonchev–Trinajstić information content (AvgIpc) is 2.52. The highest BCUT2D eigenvalue weighted by atomic mass is 16.2. The third-order valence-corrected chi connectivity index (χ3v) is 3.55. The summed E-state index contributed by atoms with van der Waals surface area (Å²) in [6, 6.07) is 20.1. The molecule has 0 aliphatic heterocycles. The molecule has 0 aromatic heterocycles. The summed E-state index contributed by atoms with van der Waals surface area (Å²) in [6.07, 6.45) is 3.65. The number of amides is 1. The van der Waals surface area contributed by atoms with E-state index in [0.717, 1.165) is 18.5 Å². The first-order valence-corrected chi connectivity index (χ1v) is 7.23.